The van der Waals surface area contributed by atoms with Crippen LogP contribution in [0.15, 0.2) is 0 Å². The van der Waals surface area contributed by atoms with Crippen LogP contribution in [-0.2, 0) is 4.74 Å². The van der Waals surface area contributed by atoms with Gasteiger partial charge in [0, 0.05) is 24.7 Å². The third-order valence-electron chi connectivity index (χ3n) is 6.52. The Kier molecular flexibility index (Phi) is 6.78. The minimum absolute atomic E-state index is 0.356. The molecule has 0 unspecified atom stereocenters. The van der Waals surface area contributed by atoms with Crippen LogP contribution in [0, 0.1) is 11.3 Å². The molecule has 0 aliphatic carbocycles. The van der Waals surface area contributed by atoms with Crippen molar-refractivity contribution in [2.45, 2.75) is 90.8 Å². The zero-order chi connectivity index (χ0) is 18.0. The van der Waals surface area contributed by atoms with E-state index in [9.17, 15) is 0 Å². The molecule has 2 aliphatic heterocycles. The van der Waals surface area contributed by atoms with Gasteiger partial charge in [-0.25, -0.2) is 0 Å². The van der Waals surface area contributed by atoms with Crippen molar-refractivity contribution in [1.82, 2.24) is 9.80 Å². The summed E-state index contributed by atoms with van der Waals surface area (Å²) in [6, 6.07) is 0.717. The van der Waals surface area contributed by atoms with Crippen molar-refractivity contribution in [2.24, 2.45) is 11.3 Å². The van der Waals surface area contributed by atoms with E-state index in [2.05, 4.69) is 58.5 Å². The second-order valence-electron chi connectivity index (χ2n) is 10.1. The van der Waals surface area contributed by atoms with Crippen molar-refractivity contribution in [3.63, 3.8) is 0 Å². The molecule has 3 nitrogen and oxygen atoms in total. The number of hydrogen-bond donors (Lipinski definition) is 0. The summed E-state index contributed by atoms with van der Waals surface area (Å²) in [5, 5.41) is 0. The normalized spacial score (nSPS) is 33.0. The Morgan fingerprint density at radius 2 is 1.96 bits per heavy atom. The van der Waals surface area contributed by atoms with Crippen molar-refractivity contribution in [3.8, 4) is 0 Å². The van der Waals surface area contributed by atoms with E-state index in [1.165, 1.54) is 45.1 Å². The van der Waals surface area contributed by atoms with E-state index < -0.39 is 0 Å². The molecule has 0 saturated carbocycles. The van der Waals surface area contributed by atoms with Crippen molar-refractivity contribution < 1.29 is 4.74 Å². The lowest BCUT2D eigenvalue weighted by molar-refractivity contribution is 0.0294. The van der Waals surface area contributed by atoms with Gasteiger partial charge in [0.15, 0.2) is 0 Å². The molecule has 3 atom stereocenters. The average Bonchev–Trinajstić information content (AvgIpc) is 2.92. The topological polar surface area (TPSA) is 15.7 Å². The molecule has 0 N–H and O–H groups in total. The molecule has 2 fully saturated rings. The molecule has 3 heteroatoms. The predicted molar refractivity (Wildman–Crippen MR) is 104 cm³/mol. The number of likely N-dealkylation sites (N-methyl/N-ethyl adjacent to an activating group) is 1. The Morgan fingerprint density at radius 1 is 1.25 bits per heavy atom. The molecule has 0 amide bonds. The van der Waals surface area contributed by atoms with Gasteiger partial charge in [-0.3, -0.25) is 0 Å². The monoisotopic (exact) mass is 338 g/mol. The van der Waals surface area contributed by atoms with E-state index in [4.69, 9.17) is 4.74 Å². The summed E-state index contributed by atoms with van der Waals surface area (Å²) in [4.78, 5) is 5.07. The summed E-state index contributed by atoms with van der Waals surface area (Å²) in [6.45, 7) is 15.2. The molecule has 2 saturated heterocycles. The smallest absolute Gasteiger partial charge is 0.0716 e. The van der Waals surface area contributed by atoms with Crippen molar-refractivity contribution >= 4 is 0 Å². The van der Waals surface area contributed by atoms with Gasteiger partial charge in [-0.1, -0.05) is 27.7 Å². The third kappa shape index (κ3) is 5.44. The van der Waals surface area contributed by atoms with Gasteiger partial charge in [0.05, 0.1) is 6.10 Å². The molecule has 0 aromatic heterocycles. The largest absolute Gasteiger partial charge is 0.377 e. The summed E-state index contributed by atoms with van der Waals surface area (Å²) >= 11 is 0. The third-order valence-corrected chi connectivity index (χ3v) is 6.52. The quantitative estimate of drug-likeness (QED) is 0.652. The molecule has 2 heterocycles. The van der Waals surface area contributed by atoms with Gasteiger partial charge in [-0.05, 0) is 77.4 Å². The van der Waals surface area contributed by atoms with Gasteiger partial charge >= 0.3 is 0 Å². The van der Waals surface area contributed by atoms with E-state index in [1.54, 1.807) is 0 Å². The van der Waals surface area contributed by atoms with Crippen LogP contribution in [0.2, 0.25) is 0 Å². The Labute approximate surface area is 151 Å². The molecule has 0 aromatic rings. The highest BCUT2D eigenvalue weighted by atomic mass is 16.5. The molecule has 24 heavy (non-hydrogen) atoms. The van der Waals surface area contributed by atoms with Gasteiger partial charge < -0.3 is 14.5 Å². The van der Waals surface area contributed by atoms with Gasteiger partial charge in [0.25, 0.3) is 0 Å². The van der Waals surface area contributed by atoms with Gasteiger partial charge in [0.2, 0.25) is 0 Å². The number of likely N-dealkylation sites (tertiary alicyclic amines) is 2. The standard InChI is InChI=1S/C21H42N2O/c1-17(2)13-18-14-19(15-22(18)6)24-12-10-20(3,4)16-21(5)9-8-11-23(21)7/h17-19H,8-16H2,1-7H3/t18-,19+,21+/m1/s1. The molecular weight excluding hydrogens is 296 g/mol. The molecule has 0 aromatic carbocycles. The highest BCUT2D eigenvalue weighted by Crippen LogP contribution is 2.40. The highest BCUT2D eigenvalue weighted by molar-refractivity contribution is 4.94. The van der Waals surface area contributed by atoms with Crippen molar-refractivity contribution in [3.05, 3.63) is 0 Å². The van der Waals surface area contributed by atoms with Crippen LogP contribution in [0.1, 0.15) is 73.1 Å². The fraction of sp³-hybridized carbons (Fsp3) is 1.00. The molecular formula is C21H42N2O. The van der Waals surface area contributed by atoms with Crippen LogP contribution >= 0.6 is 0 Å². The highest BCUT2D eigenvalue weighted by Gasteiger charge is 2.38. The van der Waals surface area contributed by atoms with E-state index in [1.807, 2.05) is 0 Å². The number of rotatable bonds is 8. The fourth-order valence-corrected chi connectivity index (χ4v) is 4.97. The molecule has 0 spiro atoms. The second-order valence-corrected chi connectivity index (χ2v) is 10.1. The summed E-state index contributed by atoms with van der Waals surface area (Å²) in [6.07, 6.45) is 8.11. The lowest BCUT2D eigenvalue weighted by atomic mass is 9.76. The summed E-state index contributed by atoms with van der Waals surface area (Å²) < 4.78 is 6.29. The van der Waals surface area contributed by atoms with Crippen LogP contribution in [-0.4, -0.2) is 61.3 Å². The summed E-state index contributed by atoms with van der Waals surface area (Å²) in [7, 11) is 4.56. The van der Waals surface area contributed by atoms with E-state index in [0.29, 0.717) is 23.1 Å². The Balaban J connectivity index is 1.73. The number of nitrogens with zero attached hydrogens (tertiary/aromatic N) is 2. The predicted octanol–water partition coefficient (Wildman–Crippen LogP) is 4.41. The van der Waals surface area contributed by atoms with Crippen LogP contribution in [0.5, 0.6) is 0 Å². The second kappa shape index (κ2) is 8.05. The number of hydrogen-bond acceptors (Lipinski definition) is 3. The average molecular weight is 339 g/mol. The van der Waals surface area contributed by atoms with Gasteiger partial charge in [0.1, 0.15) is 0 Å². The maximum absolute atomic E-state index is 6.29. The summed E-state index contributed by atoms with van der Waals surface area (Å²) in [5.41, 5.74) is 0.745. The first-order valence-electron chi connectivity index (χ1n) is 10.1. The first-order chi connectivity index (χ1) is 11.1. The molecule has 142 valence electrons. The first-order valence-corrected chi connectivity index (χ1v) is 10.1. The Hall–Kier alpha value is -0.120. The minimum Gasteiger partial charge on any atom is -0.377 e. The lowest BCUT2D eigenvalue weighted by Gasteiger charge is -2.39. The molecule has 0 bridgehead atoms. The van der Waals surface area contributed by atoms with Crippen LogP contribution in [0.3, 0.4) is 0 Å². The molecule has 2 rings (SSSR count). The van der Waals surface area contributed by atoms with Crippen LogP contribution in [0.4, 0.5) is 0 Å². The van der Waals surface area contributed by atoms with Gasteiger partial charge in [-0.2, -0.15) is 0 Å². The maximum atomic E-state index is 6.29. The zero-order valence-electron chi connectivity index (χ0n) is 17.4. The van der Waals surface area contributed by atoms with Crippen molar-refractivity contribution in [1.29, 1.82) is 0 Å². The maximum Gasteiger partial charge on any atom is 0.0716 e. The van der Waals surface area contributed by atoms with E-state index in [0.717, 1.165) is 19.1 Å². The SMILES string of the molecule is CC(C)C[C@@H]1C[C@H](OCCC(C)(C)C[C@]2(C)CCCN2C)CN1C. The first kappa shape index (κ1) is 20.2. The van der Waals surface area contributed by atoms with Gasteiger partial charge in [-0.15, -0.1) is 0 Å². The van der Waals surface area contributed by atoms with E-state index in [-0.39, 0.29) is 0 Å². The van der Waals surface area contributed by atoms with Crippen molar-refractivity contribution in [2.75, 3.05) is 33.8 Å². The summed E-state index contributed by atoms with van der Waals surface area (Å²) in [5.74, 6) is 0.777. The minimum atomic E-state index is 0.356. The Morgan fingerprint density at radius 3 is 2.54 bits per heavy atom. The zero-order valence-corrected chi connectivity index (χ0v) is 17.4. The molecule has 0 radical (unpaired) electrons. The van der Waals surface area contributed by atoms with E-state index >= 15 is 0 Å². The Bertz CT molecular complexity index is 395. The fourth-order valence-electron chi connectivity index (χ4n) is 4.97. The van der Waals surface area contributed by atoms with Crippen LogP contribution in [0.25, 0.3) is 0 Å². The molecule has 2 aliphatic rings. The number of ether oxygens (including phenoxy) is 1. The van der Waals surface area contributed by atoms with Crippen LogP contribution < -0.4 is 0 Å². The lowest BCUT2D eigenvalue weighted by Crippen LogP contribution is -2.42.